The number of rotatable bonds is 4. The predicted molar refractivity (Wildman–Crippen MR) is 112 cm³/mol. The number of halogens is 3. The molecule has 0 bridgehead atoms. The van der Waals surface area contributed by atoms with E-state index in [-0.39, 0.29) is 18.0 Å². The lowest BCUT2D eigenvalue weighted by Gasteiger charge is -2.24. The normalized spacial score (nSPS) is 10.5. The number of hydrogen-bond acceptors (Lipinski definition) is 2. The second kappa shape index (κ2) is 8.54. The number of carbonyl (C=O) groups excluding carboxylic acids is 1. The number of aromatic hydroxyl groups is 1. The van der Waals surface area contributed by atoms with Gasteiger partial charge in [0, 0.05) is 15.7 Å². The molecule has 0 aliphatic carbocycles. The fourth-order valence-electron chi connectivity index (χ4n) is 2.56. The molecule has 3 rings (SSSR count). The lowest BCUT2D eigenvalue weighted by Crippen LogP contribution is -2.35. The molecule has 0 radical (unpaired) electrons. The molecule has 0 aliphatic rings. The second-order valence-corrected chi connectivity index (χ2v) is 7.50. The quantitative estimate of drug-likeness (QED) is 0.448. The van der Waals surface area contributed by atoms with Crippen LogP contribution in [0.3, 0.4) is 0 Å². The number of hydrogen-bond donors (Lipinski definition) is 2. The summed E-state index contributed by atoms with van der Waals surface area (Å²) < 4.78 is 15.6. The maximum Gasteiger partial charge on any atom is 0.326 e. The lowest BCUT2D eigenvalue weighted by atomic mass is 10.1. The molecule has 0 spiro atoms. The van der Waals surface area contributed by atoms with Crippen LogP contribution in [0.25, 0.3) is 0 Å². The van der Waals surface area contributed by atoms with Gasteiger partial charge in [-0.05, 0) is 52.3 Å². The molecule has 0 fully saturated rings. The van der Waals surface area contributed by atoms with Gasteiger partial charge in [0.2, 0.25) is 0 Å². The molecule has 4 nitrogen and oxygen atoms in total. The van der Waals surface area contributed by atoms with Crippen molar-refractivity contribution >= 4 is 49.3 Å². The van der Waals surface area contributed by atoms with E-state index in [2.05, 4.69) is 37.2 Å². The van der Waals surface area contributed by atoms with Crippen LogP contribution in [0.1, 0.15) is 5.56 Å². The van der Waals surface area contributed by atoms with Crippen LogP contribution < -0.4 is 10.2 Å². The van der Waals surface area contributed by atoms with Crippen LogP contribution in [0.15, 0.2) is 75.7 Å². The fraction of sp³-hybridized carbons (Fsp3) is 0.0500. The highest BCUT2D eigenvalue weighted by Crippen LogP contribution is 2.34. The number of anilines is 2. The molecule has 2 amide bonds. The van der Waals surface area contributed by atoms with Gasteiger partial charge in [-0.1, -0.05) is 46.3 Å². The molecule has 7 heteroatoms. The molecule has 0 saturated carbocycles. The maximum atomic E-state index is 14.4. The topological polar surface area (TPSA) is 52.6 Å². The monoisotopic (exact) mass is 492 g/mol. The van der Waals surface area contributed by atoms with Gasteiger partial charge in [-0.15, -0.1) is 0 Å². The van der Waals surface area contributed by atoms with Crippen LogP contribution in [-0.4, -0.2) is 11.1 Å². The van der Waals surface area contributed by atoms with Gasteiger partial charge >= 0.3 is 6.03 Å². The van der Waals surface area contributed by atoms with E-state index in [0.29, 0.717) is 15.7 Å². The fourth-order valence-corrected chi connectivity index (χ4v) is 3.87. The van der Waals surface area contributed by atoms with Gasteiger partial charge in [-0.3, -0.25) is 4.90 Å². The van der Waals surface area contributed by atoms with Gasteiger partial charge in [0.25, 0.3) is 0 Å². The maximum absolute atomic E-state index is 14.4. The Hall–Kier alpha value is -2.38. The summed E-state index contributed by atoms with van der Waals surface area (Å²) in [6.07, 6.45) is 0. The lowest BCUT2D eigenvalue weighted by molar-refractivity contribution is 0.256. The second-order valence-electron chi connectivity index (χ2n) is 5.73. The van der Waals surface area contributed by atoms with Gasteiger partial charge < -0.3 is 10.4 Å². The number of amides is 2. The molecule has 27 heavy (non-hydrogen) atoms. The Balaban J connectivity index is 1.98. The minimum Gasteiger partial charge on any atom is -0.506 e. The molecule has 0 saturated heterocycles. The standard InChI is InChI=1S/C20H15Br2FN2O2/c21-14-10-13(19(26)16(22)11-14)12-25(18-9-5-4-8-17(18)23)20(27)24-15-6-2-1-3-7-15/h1-11,26H,12H2,(H,24,27). The Bertz CT molecular complexity index is 967. The zero-order valence-electron chi connectivity index (χ0n) is 14.0. The van der Waals surface area contributed by atoms with Crippen LogP contribution in [-0.2, 0) is 6.54 Å². The Labute approximate surface area is 172 Å². The van der Waals surface area contributed by atoms with Crippen molar-refractivity contribution in [3.05, 3.63) is 87.1 Å². The van der Waals surface area contributed by atoms with E-state index in [1.54, 1.807) is 48.5 Å². The summed E-state index contributed by atoms with van der Waals surface area (Å²) >= 11 is 6.64. The minimum atomic E-state index is -0.533. The molecule has 3 aromatic rings. The van der Waals surface area contributed by atoms with E-state index in [9.17, 15) is 14.3 Å². The van der Waals surface area contributed by atoms with E-state index < -0.39 is 11.8 Å². The van der Waals surface area contributed by atoms with Crippen molar-refractivity contribution < 1.29 is 14.3 Å². The van der Waals surface area contributed by atoms with Gasteiger partial charge in [-0.25, -0.2) is 9.18 Å². The van der Waals surface area contributed by atoms with Gasteiger partial charge in [0.05, 0.1) is 16.7 Å². The highest BCUT2D eigenvalue weighted by atomic mass is 79.9. The van der Waals surface area contributed by atoms with E-state index in [4.69, 9.17) is 0 Å². The molecule has 138 valence electrons. The largest absolute Gasteiger partial charge is 0.506 e. The molecule has 0 unspecified atom stereocenters. The molecular formula is C20H15Br2FN2O2. The highest BCUT2D eigenvalue weighted by molar-refractivity contribution is 9.11. The van der Waals surface area contributed by atoms with Crippen LogP contribution in [0.4, 0.5) is 20.6 Å². The molecule has 3 aromatic carbocycles. The average molecular weight is 494 g/mol. The molecular weight excluding hydrogens is 479 g/mol. The summed E-state index contributed by atoms with van der Waals surface area (Å²) in [5.41, 5.74) is 1.16. The predicted octanol–water partition coefficient (Wildman–Crippen LogP) is 6.30. The summed E-state index contributed by atoms with van der Waals surface area (Å²) in [5, 5.41) is 13.1. The van der Waals surface area contributed by atoms with Crippen LogP contribution in [0, 0.1) is 5.82 Å². The van der Waals surface area contributed by atoms with Crippen LogP contribution in [0.2, 0.25) is 0 Å². The Morgan fingerprint density at radius 3 is 2.41 bits per heavy atom. The molecule has 0 heterocycles. The first-order valence-corrected chi connectivity index (χ1v) is 9.59. The minimum absolute atomic E-state index is 0.00736. The van der Waals surface area contributed by atoms with Crippen molar-refractivity contribution in [3.8, 4) is 5.75 Å². The Kier molecular flexibility index (Phi) is 6.13. The number of carbonyl (C=O) groups is 1. The number of phenolic OH excluding ortho intramolecular Hbond substituents is 1. The van der Waals surface area contributed by atoms with Crippen LogP contribution >= 0.6 is 31.9 Å². The molecule has 0 aliphatic heterocycles. The Morgan fingerprint density at radius 2 is 1.70 bits per heavy atom. The number of urea groups is 1. The third-order valence-electron chi connectivity index (χ3n) is 3.85. The summed E-state index contributed by atoms with van der Waals surface area (Å²) in [6.45, 7) is -0.0243. The smallest absolute Gasteiger partial charge is 0.326 e. The third kappa shape index (κ3) is 4.67. The first-order chi connectivity index (χ1) is 13.0. The van der Waals surface area contributed by atoms with Crippen LogP contribution in [0.5, 0.6) is 5.75 Å². The number of nitrogens with zero attached hydrogens (tertiary/aromatic N) is 1. The van der Waals surface area contributed by atoms with Crippen molar-refractivity contribution in [2.45, 2.75) is 6.54 Å². The van der Waals surface area contributed by atoms with E-state index in [1.807, 2.05) is 6.07 Å². The van der Waals surface area contributed by atoms with Crippen molar-refractivity contribution in [2.24, 2.45) is 0 Å². The zero-order valence-corrected chi connectivity index (χ0v) is 17.2. The van der Waals surface area contributed by atoms with E-state index >= 15 is 0 Å². The number of para-hydroxylation sites is 2. The first-order valence-electron chi connectivity index (χ1n) is 8.00. The van der Waals surface area contributed by atoms with Gasteiger partial charge in [0.15, 0.2) is 0 Å². The molecule has 0 atom stereocenters. The third-order valence-corrected chi connectivity index (χ3v) is 4.91. The average Bonchev–Trinajstić information content (AvgIpc) is 2.65. The zero-order chi connectivity index (χ0) is 19.4. The number of phenols is 1. The van der Waals surface area contributed by atoms with E-state index in [0.717, 1.165) is 4.47 Å². The van der Waals surface area contributed by atoms with Crippen molar-refractivity contribution in [1.82, 2.24) is 0 Å². The molecule has 0 aromatic heterocycles. The van der Waals surface area contributed by atoms with Crippen molar-refractivity contribution in [2.75, 3.05) is 10.2 Å². The Morgan fingerprint density at radius 1 is 1.04 bits per heavy atom. The first kappa shape index (κ1) is 19.4. The summed E-state index contributed by atoms with van der Waals surface area (Å²) in [7, 11) is 0. The highest BCUT2D eigenvalue weighted by Gasteiger charge is 2.22. The van der Waals surface area contributed by atoms with Gasteiger partial charge in [0.1, 0.15) is 11.6 Å². The molecule has 2 N–H and O–H groups in total. The SMILES string of the molecule is O=C(Nc1ccccc1)N(Cc1cc(Br)cc(Br)c1O)c1ccccc1F. The van der Waals surface area contributed by atoms with Gasteiger partial charge in [-0.2, -0.15) is 0 Å². The van der Waals surface area contributed by atoms with Crippen molar-refractivity contribution in [1.29, 1.82) is 0 Å². The summed E-state index contributed by atoms with van der Waals surface area (Å²) in [6, 6.07) is 17.8. The summed E-state index contributed by atoms with van der Waals surface area (Å²) in [5.74, 6) is -0.540. The van der Waals surface area contributed by atoms with E-state index in [1.165, 1.54) is 17.0 Å². The van der Waals surface area contributed by atoms with Crippen molar-refractivity contribution in [3.63, 3.8) is 0 Å². The summed E-state index contributed by atoms with van der Waals surface area (Å²) in [4.78, 5) is 14.1. The number of benzene rings is 3. The number of nitrogens with one attached hydrogen (secondary N) is 1.